The maximum absolute atomic E-state index is 12.5. The van der Waals surface area contributed by atoms with E-state index in [-0.39, 0.29) is 31.3 Å². The number of carbonyl (C=O) groups excluding carboxylic acids is 1. The molecule has 0 aromatic carbocycles. The molecule has 23 nitrogen and oxygen atoms in total. The molecule has 408 valence electrons. The fourth-order valence-electron chi connectivity index (χ4n) is 6.87. The third-order valence-corrected chi connectivity index (χ3v) is 61.2. The zero-order valence-corrected chi connectivity index (χ0v) is 61.9. The molecule has 6 rings (SSSR count). The molecule has 6 saturated heterocycles. The van der Waals surface area contributed by atoms with Crippen LogP contribution >= 0.6 is 0 Å². The summed E-state index contributed by atoms with van der Waals surface area (Å²) in [5.74, 6) is -0.534. The van der Waals surface area contributed by atoms with E-state index in [9.17, 15) is 4.79 Å². The number of hydrogen-bond donors (Lipinski definition) is 0. The normalized spacial score (nSPS) is 36.2. The summed E-state index contributed by atoms with van der Waals surface area (Å²) >= 11 is 0. The first-order chi connectivity index (χ1) is 31.0. The van der Waals surface area contributed by atoms with Crippen molar-refractivity contribution in [2.75, 3.05) is 13.2 Å². The minimum absolute atomic E-state index is 0.0163. The van der Waals surface area contributed by atoms with E-state index in [0.717, 1.165) is 0 Å². The summed E-state index contributed by atoms with van der Waals surface area (Å²) in [5.41, 5.74) is 0.260. The highest BCUT2D eigenvalue weighted by atomic mass is 28.7. The van der Waals surface area contributed by atoms with Crippen molar-refractivity contribution in [2.45, 2.75) is 170 Å². The Balaban J connectivity index is 2.03. The van der Waals surface area contributed by atoms with Crippen LogP contribution in [0.1, 0.15) is 20.3 Å². The Kier molecular flexibility index (Phi) is 18.4. The van der Waals surface area contributed by atoms with Crippen LogP contribution in [0, 0.1) is 0 Å². The van der Waals surface area contributed by atoms with Gasteiger partial charge in [-0.15, -0.1) is 0 Å². The van der Waals surface area contributed by atoms with Crippen LogP contribution in [0.3, 0.4) is 0 Å². The van der Waals surface area contributed by atoms with Crippen LogP contribution in [-0.2, 0) is 96.3 Å². The van der Waals surface area contributed by atoms with Gasteiger partial charge in [-0.3, -0.25) is 0 Å². The van der Waals surface area contributed by atoms with Crippen molar-refractivity contribution >= 4 is 145 Å². The molecule has 6 aliphatic heterocycles. The SMILES string of the molecule is C=C(C)C(=O)OCCC[Si](C)(OCC)O[Si]12O[Si]3(O[Si](C)(C)C)O[Si]4(O[Si](C)(C)C)O[Si]5(O[Si](C)(C)C)O[Si](O[Si](C)(C)C)(O3)O[Si](O[Si](C)(C)C)(O[Si](O[Si](C)(C)C)(O5)O[Si](O[Si](C)(C)C)(O4)O1)O2. The lowest BCUT2D eigenvalue weighted by Crippen LogP contribution is -2.93. The molecular weight excluding hydrogens is 1190 g/mol. The predicted octanol–water partition coefficient (Wildman–Crippen LogP) is 7.33. The van der Waals surface area contributed by atoms with E-state index in [1.165, 1.54) is 0 Å². The van der Waals surface area contributed by atoms with E-state index in [4.69, 9.17) is 91.5 Å². The monoisotopic (exact) mass is 1270 g/mol. The molecular formula is C31H82O23Si16. The van der Waals surface area contributed by atoms with E-state index in [1.807, 2.05) is 144 Å². The van der Waals surface area contributed by atoms with Crippen LogP contribution in [0.25, 0.3) is 0 Å². The fourth-order valence-corrected chi connectivity index (χ4v) is 72.9. The first kappa shape index (κ1) is 62.7. The van der Waals surface area contributed by atoms with Gasteiger partial charge in [-0.1, -0.05) is 6.58 Å². The third-order valence-electron chi connectivity index (χ3n) is 8.17. The zero-order valence-electron chi connectivity index (χ0n) is 45.9. The highest BCUT2D eigenvalue weighted by molar-refractivity contribution is 7.04. The van der Waals surface area contributed by atoms with E-state index < -0.39 is 145 Å². The van der Waals surface area contributed by atoms with Crippen LogP contribution in [0.2, 0.25) is 150 Å². The maximum atomic E-state index is 12.5. The van der Waals surface area contributed by atoms with Crippen molar-refractivity contribution in [3.8, 4) is 0 Å². The van der Waals surface area contributed by atoms with Crippen molar-refractivity contribution in [3.63, 3.8) is 0 Å². The molecule has 0 aromatic heterocycles. The van der Waals surface area contributed by atoms with Crippen molar-refractivity contribution < 1.29 is 96.3 Å². The molecule has 0 aliphatic carbocycles. The highest BCUT2D eigenvalue weighted by Crippen LogP contribution is 2.53. The molecule has 0 amide bonds. The quantitative estimate of drug-likeness (QED) is 0.0423. The predicted molar refractivity (Wildman–Crippen MR) is 290 cm³/mol. The molecule has 70 heavy (non-hydrogen) atoms. The van der Waals surface area contributed by atoms with E-state index in [0.29, 0.717) is 0 Å². The standard InChI is InChI=1S/C31H82O23Si16/c1-26-34-62(25,29-27-28-33-31(32)30(2)3)42-70-52-67(39-59(16,17)18)46-64(36-56(7,8)9)43-63(35-55(4,5)6)44-65(48-67,37-57(10,11)12)50-69(54-70,41-61(22,23)24)51-66(45-63,38-58(13,14)15)49-68(47-64,53-70)40-60(19,20)21/h2,26-29H2,1,3-25H3. The number of carbonyl (C=O) groups is 1. The molecule has 0 N–H and O–H groups in total. The molecule has 1 atom stereocenters. The molecule has 0 radical (unpaired) electrons. The van der Waals surface area contributed by atoms with Crippen molar-refractivity contribution in [1.82, 2.24) is 0 Å². The first-order valence-electron chi connectivity index (χ1n) is 23.5. The van der Waals surface area contributed by atoms with Crippen LogP contribution in [0.4, 0.5) is 0 Å². The van der Waals surface area contributed by atoms with Crippen LogP contribution < -0.4 is 0 Å². The van der Waals surface area contributed by atoms with E-state index in [2.05, 4.69) is 6.58 Å². The van der Waals surface area contributed by atoms with Crippen molar-refractivity contribution in [2.24, 2.45) is 0 Å². The second-order valence-corrected chi connectivity index (χ2v) is 81.4. The summed E-state index contributed by atoms with van der Waals surface area (Å²) in [6.45, 7) is 49.6. The molecule has 0 spiro atoms. The molecule has 6 fully saturated rings. The summed E-state index contributed by atoms with van der Waals surface area (Å²) in [6, 6.07) is 0.209. The third kappa shape index (κ3) is 17.4. The zero-order chi connectivity index (χ0) is 53.5. The van der Waals surface area contributed by atoms with Gasteiger partial charge in [0, 0.05) is 12.2 Å². The topological polar surface area (TPSA) is 220 Å². The molecule has 0 saturated carbocycles. The van der Waals surface area contributed by atoms with Crippen LogP contribution in [0.15, 0.2) is 12.2 Å². The Labute approximate surface area is 434 Å². The van der Waals surface area contributed by atoms with Gasteiger partial charge in [-0.2, -0.15) is 0 Å². The Morgan fingerprint density at radius 2 is 0.586 bits per heavy atom. The van der Waals surface area contributed by atoms with Crippen LogP contribution in [-0.4, -0.2) is 158 Å². The molecule has 8 bridgehead atoms. The molecule has 0 aromatic rings. The van der Waals surface area contributed by atoms with E-state index in [1.54, 1.807) is 13.5 Å². The largest absolute Gasteiger partial charge is 0.653 e. The van der Waals surface area contributed by atoms with Crippen molar-refractivity contribution in [1.29, 1.82) is 0 Å². The Hall–Kier alpha value is 1.84. The molecule has 39 heteroatoms. The van der Waals surface area contributed by atoms with Gasteiger partial charge in [0.2, 0.25) is 0 Å². The number of esters is 1. The minimum atomic E-state index is -5.38. The summed E-state index contributed by atoms with van der Waals surface area (Å²) in [6.07, 6.45) is 0.286. The Morgan fingerprint density at radius 1 is 0.386 bits per heavy atom. The lowest BCUT2D eigenvalue weighted by Gasteiger charge is -2.60. The van der Waals surface area contributed by atoms with Gasteiger partial charge in [-0.25, -0.2) is 4.79 Å². The summed E-state index contributed by atoms with van der Waals surface area (Å²) in [5, 5.41) is 0. The number of hydrogen-bond acceptors (Lipinski definition) is 23. The minimum Gasteiger partial charge on any atom is -0.462 e. The summed E-state index contributed by atoms with van der Waals surface area (Å²) in [4.78, 5) is 12.5. The second-order valence-electron chi connectivity index (χ2n) is 24.4. The van der Waals surface area contributed by atoms with Gasteiger partial charge in [-0.05, 0) is 170 Å². The Bertz CT molecular complexity index is 1730. The molecule has 6 aliphatic rings. The lowest BCUT2D eigenvalue weighted by molar-refractivity contribution is -0.140. The average molecular weight is 1270 g/mol. The van der Waals surface area contributed by atoms with Crippen LogP contribution in [0.5, 0.6) is 0 Å². The smallest absolute Gasteiger partial charge is 0.462 e. The molecule has 1 unspecified atom stereocenters. The van der Waals surface area contributed by atoms with Gasteiger partial charge in [0.25, 0.3) is 0 Å². The molecule has 6 heterocycles. The highest BCUT2D eigenvalue weighted by Gasteiger charge is 2.92. The van der Waals surface area contributed by atoms with Crippen molar-refractivity contribution in [3.05, 3.63) is 12.2 Å². The Morgan fingerprint density at radius 3 is 0.757 bits per heavy atom. The van der Waals surface area contributed by atoms with Gasteiger partial charge < -0.3 is 91.5 Å². The second kappa shape index (κ2) is 20.5. The first-order valence-corrected chi connectivity index (χ1v) is 63.0. The number of ether oxygens (including phenoxy) is 1. The summed E-state index contributed by atoms with van der Waals surface area (Å²) in [7, 11) is -66.0. The maximum Gasteiger partial charge on any atom is 0.653 e. The fraction of sp³-hybridized carbons (Fsp3) is 0.903. The average Bonchev–Trinajstić information content (AvgIpc) is 2.96. The van der Waals surface area contributed by atoms with Gasteiger partial charge in [0.1, 0.15) is 0 Å². The van der Waals surface area contributed by atoms with Gasteiger partial charge in [0.05, 0.1) is 6.61 Å². The summed E-state index contributed by atoms with van der Waals surface area (Å²) < 4.78 is 159. The lowest BCUT2D eigenvalue weighted by atomic mass is 10.4. The van der Waals surface area contributed by atoms with E-state index >= 15 is 0 Å². The van der Waals surface area contributed by atoms with Gasteiger partial charge >= 0.3 is 86.9 Å². The van der Waals surface area contributed by atoms with Gasteiger partial charge in [0.15, 0.2) is 58.2 Å². The number of rotatable bonds is 23.